The third-order valence-electron chi connectivity index (χ3n) is 7.60. The van der Waals surface area contributed by atoms with E-state index in [-0.39, 0.29) is 22.4 Å². The van der Waals surface area contributed by atoms with Crippen molar-refractivity contribution in [2.24, 2.45) is 10.8 Å². The molecule has 2 heterocycles. The highest BCUT2D eigenvalue weighted by Crippen LogP contribution is 2.30. The van der Waals surface area contributed by atoms with E-state index in [1.165, 1.54) is 0 Å². The van der Waals surface area contributed by atoms with Crippen LogP contribution in [0.2, 0.25) is 0 Å². The van der Waals surface area contributed by atoms with Crippen LogP contribution < -0.4 is 0 Å². The van der Waals surface area contributed by atoms with Gasteiger partial charge >= 0.3 is 0 Å². The third kappa shape index (κ3) is 9.82. The molecule has 0 amide bonds. The predicted molar refractivity (Wildman–Crippen MR) is 167 cm³/mol. The van der Waals surface area contributed by atoms with Crippen molar-refractivity contribution in [3.8, 4) is 0 Å². The monoisotopic (exact) mass is 598 g/mol. The fourth-order valence-corrected chi connectivity index (χ4v) is 6.02. The van der Waals surface area contributed by atoms with Crippen LogP contribution in [-0.4, -0.2) is 29.8 Å². The van der Waals surface area contributed by atoms with E-state index in [1.54, 1.807) is 0 Å². The van der Waals surface area contributed by atoms with Crippen LogP contribution >= 0.6 is 49.7 Å². The van der Waals surface area contributed by atoms with E-state index < -0.39 is 0 Å². The van der Waals surface area contributed by atoms with Crippen LogP contribution in [-0.2, 0) is 35.8 Å². The largest absolute Gasteiger partial charge is 0.323 e. The Bertz CT molecular complexity index is 1120. The zero-order valence-electron chi connectivity index (χ0n) is 24.0. The first-order chi connectivity index (χ1) is 17.7. The second kappa shape index (κ2) is 14.5. The average molecular weight is 599 g/mol. The van der Waals surface area contributed by atoms with Gasteiger partial charge in [0.2, 0.25) is 0 Å². The minimum atomic E-state index is 0.000876. The van der Waals surface area contributed by atoms with E-state index >= 15 is 0 Å². The van der Waals surface area contributed by atoms with Gasteiger partial charge in [-0.15, -0.1) is 25.3 Å². The van der Waals surface area contributed by atoms with Crippen LogP contribution in [0, 0.1) is 20.4 Å². The number of ketones is 2. The van der Waals surface area contributed by atoms with Gasteiger partial charge in [0, 0.05) is 64.3 Å². The summed E-state index contributed by atoms with van der Waals surface area (Å²) < 4.78 is 9.72. The van der Waals surface area contributed by atoms with Crippen molar-refractivity contribution in [3.63, 3.8) is 0 Å². The van der Waals surface area contributed by atoms with Gasteiger partial charge in [-0.25, -0.2) is 0 Å². The molecule has 0 radical (unpaired) electrons. The zero-order valence-corrected chi connectivity index (χ0v) is 27.4. The number of rotatable bonds is 17. The molecule has 2 rings (SSSR count). The van der Waals surface area contributed by atoms with Crippen LogP contribution in [0.5, 0.6) is 0 Å². The highest BCUT2D eigenvalue weighted by molar-refractivity contribution is 7.80. The molecular formula is C28H46N4O2S4. The molecule has 0 saturated carbocycles. The molecule has 0 saturated heterocycles. The number of hydrogen-bond donors (Lipinski definition) is 2. The lowest BCUT2D eigenvalue weighted by atomic mass is 9.82. The van der Waals surface area contributed by atoms with Crippen molar-refractivity contribution in [1.82, 2.24) is 18.3 Å². The summed E-state index contributed by atoms with van der Waals surface area (Å²) in [6, 6.07) is 0. The van der Waals surface area contributed by atoms with E-state index in [9.17, 15) is 9.59 Å². The minimum absolute atomic E-state index is 0.000876. The van der Waals surface area contributed by atoms with Crippen molar-refractivity contribution in [2.75, 3.05) is 0 Å². The molecular weight excluding hydrogens is 553 g/mol. The van der Waals surface area contributed by atoms with Gasteiger partial charge in [-0.3, -0.25) is 9.59 Å². The van der Waals surface area contributed by atoms with Crippen molar-refractivity contribution < 1.29 is 9.59 Å². The van der Waals surface area contributed by atoms with Crippen LogP contribution in [0.15, 0.2) is 22.4 Å². The minimum Gasteiger partial charge on any atom is -0.323 e. The number of imidazole rings is 2. The summed E-state index contributed by atoms with van der Waals surface area (Å²) in [7, 11) is 0. The molecule has 0 aliphatic heterocycles. The first kappa shape index (κ1) is 33.1. The van der Waals surface area contributed by atoms with E-state index in [0.29, 0.717) is 25.7 Å². The number of aromatic nitrogens is 4. The molecule has 2 aromatic rings. The number of thiol groups is 2. The average Bonchev–Trinajstić information content (AvgIpc) is 3.30. The number of Topliss-reactive ketones (excluding diaryl/α,β-unsaturated/α-hetero) is 2. The molecule has 0 spiro atoms. The topological polar surface area (TPSA) is 53.9 Å². The summed E-state index contributed by atoms with van der Waals surface area (Å²) in [6.45, 7) is 16.1. The van der Waals surface area contributed by atoms with Gasteiger partial charge in [0.15, 0.2) is 9.54 Å². The molecule has 0 aromatic carbocycles. The fraction of sp³-hybridized carbons (Fsp3) is 0.714. The summed E-state index contributed by atoms with van der Waals surface area (Å²) in [5.74, 6) is 0.343. The van der Waals surface area contributed by atoms with Gasteiger partial charge in [0.1, 0.15) is 11.6 Å². The van der Waals surface area contributed by atoms with Gasteiger partial charge < -0.3 is 18.3 Å². The summed E-state index contributed by atoms with van der Waals surface area (Å²) in [6.07, 6.45) is 9.04. The van der Waals surface area contributed by atoms with E-state index in [1.807, 2.05) is 21.5 Å². The van der Waals surface area contributed by atoms with E-state index in [2.05, 4.69) is 75.9 Å². The number of aryl methyl sites for hydroxylation is 2. The fourth-order valence-electron chi connectivity index (χ4n) is 4.47. The second-order valence-corrected chi connectivity index (χ2v) is 13.5. The maximum absolute atomic E-state index is 12.6. The molecule has 0 atom stereocenters. The lowest BCUT2D eigenvalue weighted by molar-refractivity contribution is -0.124. The molecule has 0 aliphatic carbocycles. The number of carbonyl (C=O) groups excluding carboxylic acids is 2. The van der Waals surface area contributed by atoms with E-state index in [0.717, 1.165) is 71.5 Å². The molecule has 10 heteroatoms. The maximum Gasteiger partial charge on any atom is 0.180 e. The Kier molecular flexibility index (Phi) is 12.6. The lowest BCUT2D eigenvalue weighted by Gasteiger charge is -2.25. The van der Waals surface area contributed by atoms with Crippen LogP contribution in [0.1, 0.15) is 92.9 Å². The molecule has 38 heavy (non-hydrogen) atoms. The standard InChI is InChI=1S/C28H46N4O2S4/c1-7-29-19-23(35)31(25(29)37)17-15-27(3,4)13-11-21(33)9-10-22(34)12-14-28(5,6)16-18-32-24(36)20-30(8-2)26(32)38/h19-20,35-36H,7-18H2,1-6H3. The molecule has 2 aromatic heterocycles. The van der Waals surface area contributed by atoms with Gasteiger partial charge in [-0.1, -0.05) is 27.7 Å². The summed E-state index contributed by atoms with van der Waals surface area (Å²) >= 11 is 20.2. The van der Waals surface area contributed by atoms with Gasteiger partial charge in [0.05, 0.1) is 10.1 Å². The quantitative estimate of drug-likeness (QED) is 0.143. The van der Waals surface area contributed by atoms with Crippen LogP contribution in [0.4, 0.5) is 0 Å². The zero-order chi connectivity index (χ0) is 28.7. The second-order valence-electron chi connectivity index (χ2n) is 11.8. The van der Waals surface area contributed by atoms with Crippen molar-refractivity contribution in [3.05, 3.63) is 21.9 Å². The number of nitrogens with zero attached hydrogens (tertiary/aromatic N) is 4. The number of hydrogen-bond acceptors (Lipinski definition) is 6. The Hall–Kier alpha value is -1.10. The molecule has 6 nitrogen and oxygen atoms in total. The first-order valence-electron chi connectivity index (χ1n) is 13.7. The molecule has 0 aliphatic rings. The highest BCUT2D eigenvalue weighted by Gasteiger charge is 2.22. The van der Waals surface area contributed by atoms with Crippen molar-refractivity contribution in [2.45, 2.75) is 129 Å². The van der Waals surface area contributed by atoms with Gasteiger partial charge in [-0.05, 0) is 74.8 Å². The predicted octanol–water partition coefficient (Wildman–Crippen LogP) is 7.98. The summed E-state index contributed by atoms with van der Waals surface area (Å²) in [5.41, 5.74) is 0.00175. The maximum atomic E-state index is 12.6. The SMILES string of the molecule is CCn1cc(S)n(CCC(C)(C)CCC(=O)CCC(=O)CCC(C)(C)CCn2c(S)cn(CC)c2=S)c1=S. The Morgan fingerprint density at radius 1 is 0.684 bits per heavy atom. The van der Waals surface area contributed by atoms with Crippen LogP contribution in [0.25, 0.3) is 0 Å². The van der Waals surface area contributed by atoms with Crippen molar-refractivity contribution in [1.29, 1.82) is 0 Å². The molecule has 0 bridgehead atoms. The Balaban J connectivity index is 1.72. The molecule has 0 fully saturated rings. The smallest absolute Gasteiger partial charge is 0.180 e. The van der Waals surface area contributed by atoms with Gasteiger partial charge in [-0.2, -0.15) is 0 Å². The first-order valence-corrected chi connectivity index (χ1v) is 15.4. The Labute approximate surface area is 250 Å². The molecule has 214 valence electrons. The Morgan fingerprint density at radius 3 is 1.32 bits per heavy atom. The van der Waals surface area contributed by atoms with Crippen molar-refractivity contribution >= 4 is 61.3 Å². The summed E-state index contributed by atoms with van der Waals surface area (Å²) in [5, 5.41) is 1.74. The number of carbonyl (C=O) groups is 2. The Morgan fingerprint density at radius 2 is 1.03 bits per heavy atom. The normalized spacial score (nSPS) is 12.3. The summed E-state index contributed by atoms with van der Waals surface area (Å²) in [4.78, 5) is 25.1. The molecule has 0 unspecified atom stereocenters. The molecule has 0 N–H and O–H groups in total. The third-order valence-corrected chi connectivity index (χ3v) is 9.22. The van der Waals surface area contributed by atoms with E-state index in [4.69, 9.17) is 24.4 Å². The van der Waals surface area contributed by atoms with Crippen LogP contribution in [0.3, 0.4) is 0 Å². The van der Waals surface area contributed by atoms with Gasteiger partial charge in [0.25, 0.3) is 0 Å². The lowest BCUT2D eigenvalue weighted by Crippen LogP contribution is -2.18. The highest BCUT2D eigenvalue weighted by atomic mass is 32.1.